The molecule has 0 saturated heterocycles. The predicted octanol–water partition coefficient (Wildman–Crippen LogP) is 2.64. The van der Waals surface area contributed by atoms with Crippen LogP contribution >= 0.6 is 0 Å². The van der Waals surface area contributed by atoms with Crippen LogP contribution < -0.4 is 10.1 Å². The molecule has 2 fully saturated rings. The summed E-state index contributed by atoms with van der Waals surface area (Å²) in [6.45, 7) is 5.87. The second kappa shape index (κ2) is 5.45. The lowest BCUT2D eigenvalue weighted by Gasteiger charge is -2.13. The third-order valence-corrected chi connectivity index (χ3v) is 3.67. The molecule has 0 spiro atoms. The molecule has 0 amide bonds. The molecule has 2 saturated carbocycles. The first-order chi connectivity index (χ1) is 9.22. The third-order valence-electron chi connectivity index (χ3n) is 3.67. The number of aromatic nitrogens is 2. The van der Waals surface area contributed by atoms with Gasteiger partial charge in [-0.05, 0) is 31.6 Å². The van der Waals surface area contributed by atoms with Crippen LogP contribution in [0.25, 0.3) is 0 Å². The maximum atomic E-state index is 5.88. The molecule has 1 heterocycles. The fourth-order valence-electron chi connectivity index (χ4n) is 1.97. The van der Waals surface area contributed by atoms with Crippen LogP contribution in [0.1, 0.15) is 57.0 Å². The predicted molar refractivity (Wildman–Crippen MR) is 74.2 cm³/mol. The summed E-state index contributed by atoms with van der Waals surface area (Å²) in [6, 6.07) is 0.689. The van der Waals surface area contributed by atoms with Crippen molar-refractivity contribution in [3.8, 4) is 5.75 Å². The van der Waals surface area contributed by atoms with Gasteiger partial charge in [-0.2, -0.15) is 0 Å². The van der Waals surface area contributed by atoms with Gasteiger partial charge >= 0.3 is 0 Å². The Kier molecular flexibility index (Phi) is 3.69. The molecule has 3 rings (SSSR count). The molecular weight excluding hydrogens is 238 g/mol. The van der Waals surface area contributed by atoms with Crippen molar-refractivity contribution in [2.75, 3.05) is 6.61 Å². The summed E-state index contributed by atoms with van der Waals surface area (Å²) in [4.78, 5) is 9.09. The van der Waals surface area contributed by atoms with Gasteiger partial charge in [-0.3, -0.25) is 0 Å². The first-order valence-corrected chi connectivity index (χ1v) is 7.44. The minimum atomic E-state index is 0.358. The molecule has 19 heavy (non-hydrogen) atoms. The van der Waals surface area contributed by atoms with E-state index in [1.807, 2.05) is 6.20 Å². The standard InChI is InChI=1S/C15H23N3O/c1-10(2)15-17-8-14(19-9-11-3-4-11)13(18-15)7-16-12-5-6-12/h8,10-12,16H,3-7,9H2,1-2H3. The Hall–Kier alpha value is -1.16. The average Bonchev–Trinajstić information content (AvgIpc) is 3.27. The number of ether oxygens (including phenoxy) is 1. The van der Waals surface area contributed by atoms with E-state index >= 15 is 0 Å². The van der Waals surface area contributed by atoms with Crippen LogP contribution in [0.3, 0.4) is 0 Å². The number of hydrogen-bond acceptors (Lipinski definition) is 4. The second-order valence-corrected chi connectivity index (χ2v) is 6.10. The van der Waals surface area contributed by atoms with Crippen LogP contribution in [0, 0.1) is 5.92 Å². The van der Waals surface area contributed by atoms with Gasteiger partial charge < -0.3 is 10.1 Å². The molecule has 4 nitrogen and oxygen atoms in total. The van der Waals surface area contributed by atoms with Crippen molar-refractivity contribution < 1.29 is 4.74 Å². The number of nitrogens with zero attached hydrogens (tertiary/aromatic N) is 2. The third kappa shape index (κ3) is 3.66. The van der Waals surface area contributed by atoms with Crippen molar-refractivity contribution in [3.63, 3.8) is 0 Å². The minimum Gasteiger partial charge on any atom is -0.490 e. The number of hydrogen-bond donors (Lipinski definition) is 1. The molecule has 0 aromatic carbocycles. The molecule has 0 aliphatic heterocycles. The molecule has 4 heteroatoms. The van der Waals surface area contributed by atoms with Gasteiger partial charge in [0.05, 0.1) is 18.5 Å². The van der Waals surface area contributed by atoms with Gasteiger partial charge in [-0.25, -0.2) is 9.97 Å². The lowest BCUT2D eigenvalue weighted by atomic mass is 10.2. The Morgan fingerprint density at radius 1 is 1.32 bits per heavy atom. The zero-order valence-electron chi connectivity index (χ0n) is 11.9. The smallest absolute Gasteiger partial charge is 0.160 e. The minimum absolute atomic E-state index is 0.358. The summed E-state index contributed by atoms with van der Waals surface area (Å²) in [7, 11) is 0. The highest BCUT2D eigenvalue weighted by molar-refractivity contribution is 5.25. The van der Waals surface area contributed by atoms with Crippen molar-refractivity contribution in [2.45, 2.75) is 58.0 Å². The van der Waals surface area contributed by atoms with Gasteiger partial charge in [-0.1, -0.05) is 13.8 Å². The quantitative estimate of drug-likeness (QED) is 0.819. The number of rotatable bonds is 7. The first kappa shape index (κ1) is 12.9. The Morgan fingerprint density at radius 3 is 2.74 bits per heavy atom. The highest BCUT2D eigenvalue weighted by Gasteiger charge is 2.24. The van der Waals surface area contributed by atoms with E-state index in [1.165, 1.54) is 25.7 Å². The topological polar surface area (TPSA) is 47.0 Å². The molecule has 1 aromatic heterocycles. The Morgan fingerprint density at radius 2 is 2.11 bits per heavy atom. The van der Waals surface area contributed by atoms with E-state index in [-0.39, 0.29) is 0 Å². The normalized spacial score (nSPS) is 18.9. The first-order valence-electron chi connectivity index (χ1n) is 7.44. The van der Waals surface area contributed by atoms with Crippen LogP contribution in [0.4, 0.5) is 0 Å². The number of nitrogens with one attached hydrogen (secondary N) is 1. The van der Waals surface area contributed by atoms with E-state index in [0.717, 1.165) is 36.3 Å². The maximum absolute atomic E-state index is 5.88. The van der Waals surface area contributed by atoms with E-state index in [0.29, 0.717) is 12.0 Å². The molecule has 0 atom stereocenters. The molecule has 0 unspecified atom stereocenters. The summed E-state index contributed by atoms with van der Waals surface area (Å²) < 4.78 is 5.88. The Balaban J connectivity index is 1.70. The average molecular weight is 261 g/mol. The molecular formula is C15H23N3O. The second-order valence-electron chi connectivity index (χ2n) is 6.10. The van der Waals surface area contributed by atoms with E-state index in [1.54, 1.807) is 0 Å². The van der Waals surface area contributed by atoms with Crippen LogP contribution in [-0.2, 0) is 6.54 Å². The fourth-order valence-corrected chi connectivity index (χ4v) is 1.97. The van der Waals surface area contributed by atoms with Crippen molar-refractivity contribution in [2.24, 2.45) is 5.92 Å². The SMILES string of the molecule is CC(C)c1ncc(OCC2CC2)c(CNC2CC2)n1. The summed E-state index contributed by atoms with van der Waals surface area (Å²) in [6.07, 6.45) is 7.05. The molecule has 1 N–H and O–H groups in total. The lowest BCUT2D eigenvalue weighted by Crippen LogP contribution is -2.18. The highest BCUT2D eigenvalue weighted by atomic mass is 16.5. The van der Waals surface area contributed by atoms with Gasteiger partial charge in [0.1, 0.15) is 5.82 Å². The van der Waals surface area contributed by atoms with Gasteiger partial charge in [0.15, 0.2) is 5.75 Å². The maximum Gasteiger partial charge on any atom is 0.160 e. The van der Waals surface area contributed by atoms with Crippen molar-refractivity contribution >= 4 is 0 Å². The highest BCUT2D eigenvalue weighted by Crippen LogP contribution is 2.30. The van der Waals surface area contributed by atoms with Crippen LogP contribution in [0.2, 0.25) is 0 Å². The van der Waals surface area contributed by atoms with Crippen LogP contribution in [-0.4, -0.2) is 22.6 Å². The van der Waals surface area contributed by atoms with Crippen molar-refractivity contribution in [1.29, 1.82) is 0 Å². The van der Waals surface area contributed by atoms with Gasteiger partial charge in [-0.15, -0.1) is 0 Å². The van der Waals surface area contributed by atoms with Crippen LogP contribution in [0.15, 0.2) is 6.20 Å². The molecule has 0 bridgehead atoms. The molecule has 0 radical (unpaired) electrons. The zero-order valence-corrected chi connectivity index (χ0v) is 11.9. The summed E-state index contributed by atoms with van der Waals surface area (Å²) in [5, 5.41) is 3.51. The van der Waals surface area contributed by atoms with Crippen LogP contribution in [0.5, 0.6) is 5.75 Å². The molecule has 2 aliphatic rings. The molecule has 2 aliphatic carbocycles. The fraction of sp³-hybridized carbons (Fsp3) is 0.733. The Labute approximate surface area is 115 Å². The lowest BCUT2D eigenvalue weighted by molar-refractivity contribution is 0.292. The Bertz CT molecular complexity index is 439. The van der Waals surface area contributed by atoms with Crippen molar-refractivity contribution in [1.82, 2.24) is 15.3 Å². The summed E-state index contributed by atoms with van der Waals surface area (Å²) >= 11 is 0. The van der Waals surface area contributed by atoms with E-state index in [9.17, 15) is 0 Å². The monoisotopic (exact) mass is 261 g/mol. The summed E-state index contributed by atoms with van der Waals surface area (Å²) in [5.41, 5.74) is 1.02. The van der Waals surface area contributed by atoms with Crippen molar-refractivity contribution in [3.05, 3.63) is 17.7 Å². The summed E-state index contributed by atoms with van der Waals surface area (Å²) in [5.74, 6) is 2.89. The van der Waals surface area contributed by atoms with E-state index in [4.69, 9.17) is 4.74 Å². The van der Waals surface area contributed by atoms with E-state index in [2.05, 4.69) is 29.1 Å². The van der Waals surface area contributed by atoms with Gasteiger partial charge in [0.2, 0.25) is 0 Å². The molecule has 104 valence electrons. The zero-order chi connectivity index (χ0) is 13.2. The molecule has 1 aromatic rings. The van der Waals surface area contributed by atoms with E-state index < -0.39 is 0 Å². The van der Waals surface area contributed by atoms with Gasteiger partial charge in [0, 0.05) is 18.5 Å². The van der Waals surface area contributed by atoms with Gasteiger partial charge in [0.25, 0.3) is 0 Å². The largest absolute Gasteiger partial charge is 0.490 e.